The molecule has 0 aliphatic heterocycles. The molecule has 6 rings (SSSR count). The number of hydrogen-bond acceptors (Lipinski definition) is 4. The summed E-state index contributed by atoms with van der Waals surface area (Å²) in [6.07, 6.45) is 8.33. The molecule has 4 bridgehead atoms. The Morgan fingerprint density at radius 2 is 1.72 bits per heavy atom. The van der Waals surface area contributed by atoms with Crippen LogP contribution in [-0.2, 0) is 17.8 Å². The maximum Gasteiger partial charge on any atom is 0.191 e. The summed E-state index contributed by atoms with van der Waals surface area (Å²) in [4.78, 5) is 13.6. The number of ketones is 1. The van der Waals surface area contributed by atoms with E-state index < -0.39 is 0 Å². The second kappa shape index (κ2) is 7.57. The first-order chi connectivity index (χ1) is 14.1. The van der Waals surface area contributed by atoms with Gasteiger partial charge in [-0.05, 0) is 75.7 Å². The van der Waals surface area contributed by atoms with Gasteiger partial charge in [-0.1, -0.05) is 42.1 Å². The van der Waals surface area contributed by atoms with E-state index >= 15 is 0 Å². The van der Waals surface area contributed by atoms with E-state index in [9.17, 15) is 4.79 Å². The number of aromatic nitrogens is 3. The van der Waals surface area contributed by atoms with Crippen molar-refractivity contribution in [3.8, 4) is 0 Å². The molecule has 1 heterocycles. The van der Waals surface area contributed by atoms with Gasteiger partial charge in [0, 0.05) is 18.4 Å². The molecule has 0 saturated heterocycles. The van der Waals surface area contributed by atoms with Crippen LogP contribution in [0.1, 0.15) is 63.8 Å². The Morgan fingerprint density at radius 1 is 1.10 bits per heavy atom. The zero-order valence-electron chi connectivity index (χ0n) is 17.5. The van der Waals surface area contributed by atoms with E-state index in [4.69, 9.17) is 0 Å². The van der Waals surface area contributed by atoms with Gasteiger partial charge in [0.15, 0.2) is 10.9 Å². The summed E-state index contributed by atoms with van der Waals surface area (Å²) < 4.78 is 2.18. The molecule has 4 aliphatic carbocycles. The van der Waals surface area contributed by atoms with E-state index in [2.05, 4.69) is 52.9 Å². The molecule has 154 valence electrons. The highest BCUT2D eigenvalue weighted by molar-refractivity contribution is 8.00. The minimum absolute atomic E-state index is 0.0366. The van der Waals surface area contributed by atoms with Crippen LogP contribution < -0.4 is 0 Å². The minimum Gasteiger partial charge on any atom is -0.306 e. The highest BCUT2D eigenvalue weighted by atomic mass is 32.2. The minimum atomic E-state index is -0.0506. The summed E-state index contributed by atoms with van der Waals surface area (Å²) >= 11 is 1.62. The molecule has 5 heteroatoms. The molecule has 0 N–H and O–H groups in total. The van der Waals surface area contributed by atoms with Gasteiger partial charge in [0.05, 0.1) is 5.25 Å². The molecule has 0 amide bonds. The lowest BCUT2D eigenvalue weighted by Gasteiger charge is -2.56. The molecule has 1 aromatic carbocycles. The maximum absolute atomic E-state index is 13.6. The topological polar surface area (TPSA) is 47.8 Å². The molecule has 1 aromatic heterocycles. The standard InChI is InChI=1S/C24H31N3OS/c1-3-27-21(12-17-7-5-4-6-8-17)25-26-23(27)29-16(2)22(28)24-13-18-9-19(14-24)11-20(10-18)15-24/h4-8,16,18-20H,3,9-15H2,1-2H3. The average Bonchev–Trinajstić information content (AvgIpc) is 3.08. The van der Waals surface area contributed by atoms with Crippen molar-refractivity contribution < 1.29 is 4.79 Å². The van der Waals surface area contributed by atoms with Gasteiger partial charge in [-0.3, -0.25) is 4.79 Å². The summed E-state index contributed by atoms with van der Waals surface area (Å²) in [5.41, 5.74) is 1.20. The summed E-state index contributed by atoms with van der Waals surface area (Å²) in [6.45, 7) is 5.06. The van der Waals surface area contributed by atoms with Crippen molar-refractivity contribution in [2.24, 2.45) is 23.2 Å². The monoisotopic (exact) mass is 409 g/mol. The van der Waals surface area contributed by atoms with Gasteiger partial charge in [0.25, 0.3) is 0 Å². The van der Waals surface area contributed by atoms with Gasteiger partial charge in [0.2, 0.25) is 0 Å². The third-order valence-corrected chi connectivity index (χ3v) is 8.61. The molecule has 4 fully saturated rings. The lowest BCUT2D eigenvalue weighted by molar-refractivity contribution is -0.143. The Kier molecular flexibility index (Phi) is 5.05. The van der Waals surface area contributed by atoms with Crippen LogP contribution in [0.15, 0.2) is 35.5 Å². The van der Waals surface area contributed by atoms with Crippen molar-refractivity contribution in [1.29, 1.82) is 0 Å². The zero-order chi connectivity index (χ0) is 20.0. The Labute approximate surface area is 177 Å². The average molecular weight is 410 g/mol. The summed E-state index contributed by atoms with van der Waals surface area (Å²) in [7, 11) is 0. The number of carbonyl (C=O) groups excluding carboxylic acids is 1. The Bertz CT molecular complexity index is 856. The lowest BCUT2D eigenvalue weighted by atomic mass is 9.48. The molecule has 4 aliphatic rings. The van der Waals surface area contributed by atoms with E-state index in [1.54, 1.807) is 11.8 Å². The van der Waals surface area contributed by atoms with Crippen LogP contribution in [0.2, 0.25) is 0 Å². The number of nitrogens with zero attached hydrogens (tertiary/aromatic N) is 3. The lowest BCUT2D eigenvalue weighted by Crippen LogP contribution is -2.51. The predicted molar refractivity (Wildman–Crippen MR) is 116 cm³/mol. The summed E-state index contributed by atoms with van der Waals surface area (Å²) in [5, 5.41) is 9.79. The fourth-order valence-corrected chi connectivity index (χ4v) is 7.81. The Morgan fingerprint density at radius 3 is 2.31 bits per heavy atom. The second-order valence-electron chi connectivity index (χ2n) is 9.63. The molecule has 2 aromatic rings. The van der Waals surface area contributed by atoms with E-state index in [1.807, 2.05) is 6.07 Å². The largest absolute Gasteiger partial charge is 0.306 e. The van der Waals surface area contributed by atoms with Crippen molar-refractivity contribution in [1.82, 2.24) is 14.8 Å². The zero-order valence-corrected chi connectivity index (χ0v) is 18.3. The molecular formula is C24H31N3OS. The molecular weight excluding hydrogens is 378 g/mol. The van der Waals surface area contributed by atoms with Gasteiger partial charge >= 0.3 is 0 Å². The highest BCUT2D eigenvalue weighted by Gasteiger charge is 2.55. The van der Waals surface area contributed by atoms with Crippen LogP contribution in [0.25, 0.3) is 0 Å². The molecule has 0 radical (unpaired) electrons. The van der Waals surface area contributed by atoms with Crippen molar-refractivity contribution in [2.45, 2.75) is 75.7 Å². The van der Waals surface area contributed by atoms with Crippen molar-refractivity contribution in [2.75, 3.05) is 0 Å². The summed E-state index contributed by atoms with van der Waals surface area (Å²) in [6, 6.07) is 10.4. The molecule has 4 saturated carbocycles. The third-order valence-electron chi connectivity index (χ3n) is 7.53. The smallest absolute Gasteiger partial charge is 0.191 e. The first-order valence-corrected chi connectivity index (χ1v) is 12.1. The van der Waals surface area contributed by atoms with E-state index in [0.29, 0.717) is 5.78 Å². The SMILES string of the molecule is CCn1c(Cc2ccccc2)nnc1SC(C)C(=O)C12CC3CC(CC(C3)C1)C2. The van der Waals surface area contributed by atoms with Crippen LogP contribution in [0.3, 0.4) is 0 Å². The number of Topliss-reactive ketones (excluding diaryl/α,β-unsaturated/α-hetero) is 1. The Hall–Kier alpha value is -1.62. The van der Waals surface area contributed by atoms with Crippen molar-refractivity contribution in [3.63, 3.8) is 0 Å². The fourth-order valence-electron chi connectivity index (χ4n) is 6.69. The fraction of sp³-hybridized carbons (Fsp3) is 0.625. The predicted octanol–water partition coefficient (Wildman–Crippen LogP) is 5.15. The normalized spacial score (nSPS) is 31.2. The van der Waals surface area contributed by atoms with Crippen LogP contribution in [0.5, 0.6) is 0 Å². The van der Waals surface area contributed by atoms with Gasteiger partial charge < -0.3 is 4.57 Å². The summed E-state index contributed by atoms with van der Waals surface area (Å²) in [5.74, 6) is 3.88. The molecule has 1 unspecified atom stereocenters. The van der Waals surface area contributed by atoms with E-state index in [-0.39, 0.29) is 10.7 Å². The van der Waals surface area contributed by atoms with Crippen LogP contribution >= 0.6 is 11.8 Å². The number of carbonyl (C=O) groups is 1. The quantitative estimate of drug-likeness (QED) is 0.593. The number of thioether (sulfide) groups is 1. The van der Waals surface area contributed by atoms with Gasteiger partial charge in [-0.15, -0.1) is 10.2 Å². The molecule has 1 atom stereocenters. The number of hydrogen-bond donors (Lipinski definition) is 0. The van der Waals surface area contributed by atoms with Gasteiger partial charge in [-0.25, -0.2) is 0 Å². The molecule has 0 spiro atoms. The first-order valence-electron chi connectivity index (χ1n) is 11.2. The van der Waals surface area contributed by atoms with E-state index in [1.165, 1.54) is 24.8 Å². The first kappa shape index (κ1) is 19.3. The van der Waals surface area contributed by atoms with Crippen LogP contribution in [0.4, 0.5) is 0 Å². The van der Waals surface area contributed by atoms with Crippen molar-refractivity contribution >= 4 is 17.5 Å². The van der Waals surface area contributed by atoms with Crippen molar-refractivity contribution in [3.05, 3.63) is 41.7 Å². The van der Waals surface area contributed by atoms with Crippen LogP contribution in [0, 0.1) is 23.2 Å². The third kappa shape index (κ3) is 3.56. The maximum atomic E-state index is 13.6. The second-order valence-corrected chi connectivity index (χ2v) is 10.9. The van der Waals surface area contributed by atoms with E-state index in [0.717, 1.165) is 61.0 Å². The van der Waals surface area contributed by atoms with Gasteiger partial charge in [0.1, 0.15) is 5.82 Å². The highest BCUT2D eigenvalue weighted by Crippen LogP contribution is 2.61. The number of benzene rings is 1. The molecule has 4 nitrogen and oxygen atoms in total. The number of rotatable bonds is 7. The van der Waals surface area contributed by atoms with Gasteiger partial charge in [-0.2, -0.15) is 0 Å². The Balaban J connectivity index is 1.32. The molecule has 29 heavy (non-hydrogen) atoms. The van der Waals surface area contributed by atoms with Crippen LogP contribution in [-0.4, -0.2) is 25.8 Å².